The average molecular weight is 467 g/mol. The predicted octanol–water partition coefficient (Wildman–Crippen LogP) is 3.09. The number of methoxy groups -OCH3 is 1. The first-order chi connectivity index (χ1) is 13.4. The Balaban J connectivity index is 1.73. The fourth-order valence-electron chi connectivity index (χ4n) is 3.28. The molecule has 6 nitrogen and oxygen atoms in total. The van der Waals surface area contributed by atoms with Gasteiger partial charge in [0.25, 0.3) is 0 Å². The molecular weight excluding hydrogens is 444 g/mol. The Morgan fingerprint density at radius 1 is 1.21 bits per heavy atom. The van der Waals surface area contributed by atoms with Crippen molar-refractivity contribution in [2.75, 3.05) is 30.5 Å². The maximum Gasteiger partial charge on any atom is 0.238 e. The molecule has 1 N–H and O–H groups in total. The summed E-state index contributed by atoms with van der Waals surface area (Å²) >= 11 is 3.42. The number of sulfone groups is 1. The highest BCUT2D eigenvalue weighted by atomic mass is 79.9. The fourth-order valence-corrected chi connectivity index (χ4v) is 5.43. The van der Waals surface area contributed by atoms with Crippen LogP contribution >= 0.6 is 15.9 Å². The smallest absolute Gasteiger partial charge is 0.238 e. The summed E-state index contributed by atoms with van der Waals surface area (Å²) in [5.74, 6) is 0.837. The summed E-state index contributed by atoms with van der Waals surface area (Å²) in [6, 6.07) is 14.8. The highest BCUT2D eigenvalue weighted by Gasteiger charge is 2.33. The number of ether oxygens (including phenoxy) is 1. The molecule has 0 radical (unpaired) electrons. The molecule has 0 bridgehead atoms. The quantitative estimate of drug-likeness (QED) is 0.678. The van der Waals surface area contributed by atoms with Gasteiger partial charge in [-0.3, -0.25) is 9.69 Å². The first-order valence-electron chi connectivity index (χ1n) is 8.98. The number of rotatable bonds is 7. The minimum Gasteiger partial charge on any atom is -0.497 e. The summed E-state index contributed by atoms with van der Waals surface area (Å²) in [7, 11) is -1.44. The number of anilines is 1. The van der Waals surface area contributed by atoms with Crippen LogP contribution in [0.5, 0.6) is 5.75 Å². The van der Waals surface area contributed by atoms with E-state index in [1.54, 1.807) is 7.11 Å². The summed E-state index contributed by atoms with van der Waals surface area (Å²) in [6.45, 7) is 0.612. The zero-order chi connectivity index (χ0) is 20.1. The molecule has 28 heavy (non-hydrogen) atoms. The number of hydrogen-bond donors (Lipinski definition) is 1. The van der Waals surface area contributed by atoms with Crippen molar-refractivity contribution in [3.05, 3.63) is 58.6 Å². The van der Waals surface area contributed by atoms with Gasteiger partial charge < -0.3 is 10.1 Å². The molecule has 8 heteroatoms. The average Bonchev–Trinajstić information content (AvgIpc) is 3.03. The maximum atomic E-state index is 12.6. The molecule has 0 saturated carbocycles. The molecule has 2 aromatic rings. The second-order valence-corrected chi connectivity index (χ2v) is 9.92. The van der Waals surface area contributed by atoms with Crippen LogP contribution < -0.4 is 10.1 Å². The lowest BCUT2D eigenvalue weighted by molar-refractivity contribution is -0.117. The highest BCUT2D eigenvalue weighted by molar-refractivity contribution is 9.10. The number of benzene rings is 2. The summed E-state index contributed by atoms with van der Waals surface area (Å²) in [5.41, 5.74) is 1.69. The summed E-state index contributed by atoms with van der Waals surface area (Å²) < 4.78 is 29.9. The van der Waals surface area contributed by atoms with Gasteiger partial charge >= 0.3 is 0 Å². The number of nitrogens with one attached hydrogen (secondary N) is 1. The van der Waals surface area contributed by atoms with Crippen LogP contribution in [0.25, 0.3) is 0 Å². The third-order valence-corrected chi connectivity index (χ3v) is 7.21. The van der Waals surface area contributed by atoms with Crippen molar-refractivity contribution >= 4 is 37.4 Å². The van der Waals surface area contributed by atoms with E-state index >= 15 is 0 Å². The van der Waals surface area contributed by atoms with Crippen LogP contribution in [0.15, 0.2) is 53.0 Å². The molecule has 1 amide bonds. The van der Waals surface area contributed by atoms with Crippen molar-refractivity contribution in [2.45, 2.75) is 19.0 Å². The van der Waals surface area contributed by atoms with Crippen LogP contribution in [-0.2, 0) is 21.2 Å². The van der Waals surface area contributed by atoms with Crippen molar-refractivity contribution < 1.29 is 17.9 Å². The Kier molecular flexibility index (Phi) is 6.74. The van der Waals surface area contributed by atoms with Gasteiger partial charge in [0.2, 0.25) is 5.91 Å². The third kappa shape index (κ3) is 5.56. The van der Waals surface area contributed by atoms with Gasteiger partial charge in [0, 0.05) is 17.1 Å². The minimum atomic E-state index is -3.05. The van der Waals surface area contributed by atoms with Gasteiger partial charge in [0.15, 0.2) is 9.84 Å². The van der Waals surface area contributed by atoms with E-state index in [4.69, 9.17) is 4.74 Å². The van der Waals surface area contributed by atoms with Crippen LogP contribution in [0.2, 0.25) is 0 Å². The molecule has 0 aromatic heterocycles. The van der Waals surface area contributed by atoms with E-state index in [0.29, 0.717) is 18.7 Å². The number of carbonyl (C=O) groups is 1. The van der Waals surface area contributed by atoms with E-state index in [-0.39, 0.29) is 30.0 Å². The van der Waals surface area contributed by atoms with Crippen molar-refractivity contribution in [1.29, 1.82) is 0 Å². The molecule has 1 aliphatic heterocycles. The van der Waals surface area contributed by atoms with Crippen LogP contribution in [0.3, 0.4) is 0 Å². The lowest BCUT2D eigenvalue weighted by Gasteiger charge is -2.27. The number of nitrogens with zero attached hydrogens (tertiary/aromatic N) is 1. The molecule has 1 aliphatic rings. The predicted molar refractivity (Wildman–Crippen MR) is 113 cm³/mol. The Morgan fingerprint density at radius 3 is 2.54 bits per heavy atom. The second-order valence-electron chi connectivity index (χ2n) is 6.84. The molecule has 0 aliphatic carbocycles. The molecule has 1 heterocycles. The van der Waals surface area contributed by atoms with Crippen molar-refractivity contribution in [2.24, 2.45) is 0 Å². The summed E-state index contributed by atoms with van der Waals surface area (Å²) in [6.07, 6.45) is 0.542. The van der Waals surface area contributed by atoms with E-state index < -0.39 is 9.84 Å². The Morgan fingerprint density at radius 2 is 1.93 bits per heavy atom. The monoisotopic (exact) mass is 466 g/mol. The van der Waals surface area contributed by atoms with Crippen LogP contribution in [0.4, 0.5) is 5.69 Å². The number of hydrogen-bond acceptors (Lipinski definition) is 5. The number of carbonyl (C=O) groups excluding carboxylic acids is 1. The minimum absolute atomic E-state index is 0.0888. The highest BCUT2D eigenvalue weighted by Crippen LogP contribution is 2.23. The molecule has 0 spiro atoms. The molecule has 1 saturated heterocycles. The largest absolute Gasteiger partial charge is 0.497 e. The zero-order valence-corrected chi connectivity index (χ0v) is 18.0. The zero-order valence-electron chi connectivity index (χ0n) is 15.6. The van der Waals surface area contributed by atoms with Gasteiger partial charge in [0.05, 0.1) is 30.8 Å². The molecule has 2 aromatic carbocycles. The van der Waals surface area contributed by atoms with Crippen LogP contribution in [0, 0.1) is 0 Å². The molecule has 3 rings (SSSR count). The van der Waals surface area contributed by atoms with Gasteiger partial charge in [-0.2, -0.15) is 0 Å². The molecule has 1 fully saturated rings. The lowest BCUT2D eigenvalue weighted by atomic mass is 10.1. The van der Waals surface area contributed by atoms with E-state index in [1.807, 2.05) is 53.4 Å². The SMILES string of the molecule is COc1ccc(CN(CC(=O)Nc2ccccc2Br)C2CCS(=O)(=O)C2)cc1. The van der Waals surface area contributed by atoms with Crippen LogP contribution in [-0.4, -0.2) is 50.4 Å². The van der Waals surface area contributed by atoms with E-state index in [0.717, 1.165) is 15.8 Å². The van der Waals surface area contributed by atoms with Gasteiger partial charge in [-0.15, -0.1) is 0 Å². The Bertz CT molecular complexity index is 931. The van der Waals surface area contributed by atoms with E-state index in [2.05, 4.69) is 21.2 Å². The molecule has 1 atom stereocenters. The van der Waals surface area contributed by atoms with Crippen molar-refractivity contribution in [1.82, 2.24) is 4.90 Å². The molecular formula is C20H23BrN2O4S. The fraction of sp³-hybridized carbons (Fsp3) is 0.350. The van der Waals surface area contributed by atoms with Gasteiger partial charge in [-0.25, -0.2) is 8.42 Å². The first-order valence-corrected chi connectivity index (χ1v) is 11.6. The molecule has 150 valence electrons. The normalized spacial score (nSPS) is 18.2. The Labute approximate surface area is 173 Å². The number of para-hydroxylation sites is 1. The molecule has 1 unspecified atom stereocenters. The number of amides is 1. The summed E-state index contributed by atoms with van der Waals surface area (Å²) in [5, 5.41) is 2.89. The third-order valence-electron chi connectivity index (χ3n) is 4.76. The van der Waals surface area contributed by atoms with Crippen LogP contribution in [0.1, 0.15) is 12.0 Å². The summed E-state index contributed by atoms with van der Waals surface area (Å²) in [4.78, 5) is 14.6. The van der Waals surface area contributed by atoms with Gasteiger partial charge in [-0.05, 0) is 52.2 Å². The lowest BCUT2D eigenvalue weighted by Crippen LogP contribution is -2.41. The maximum absolute atomic E-state index is 12.6. The standard InChI is InChI=1S/C20H23BrN2O4S/c1-27-17-8-6-15(7-9-17)12-23(16-10-11-28(25,26)14-16)13-20(24)22-19-5-3-2-4-18(19)21/h2-9,16H,10-14H2,1H3,(H,22,24). The second kappa shape index (κ2) is 9.07. The van der Waals surface area contributed by atoms with E-state index in [1.165, 1.54) is 0 Å². The number of halogens is 1. The Hall–Kier alpha value is -1.90. The van der Waals surface area contributed by atoms with E-state index in [9.17, 15) is 13.2 Å². The topological polar surface area (TPSA) is 75.7 Å². The van der Waals surface area contributed by atoms with Crippen molar-refractivity contribution in [3.63, 3.8) is 0 Å². The first kappa shape index (κ1) is 20.8. The van der Waals surface area contributed by atoms with Crippen molar-refractivity contribution in [3.8, 4) is 5.75 Å². The van der Waals surface area contributed by atoms with Gasteiger partial charge in [-0.1, -0.05) is 24.3 Å². The van der Waals surface area contributed by atoms with Gasteiger partial charge in [0.1, 0.15) is 5.75 Å².